The molecule has 0 spiro atoms. The fraction of sp³-hybridized carbons (Fsp3) is 0.375. The highest BCUT2D eigenvalue weighted by Crippen LogP contribution is 2.28. The summed E-state index contributed by atoms with van der Waals surface area (Å²) in [6, 6.07) is 11.7. The van der Waals surface area contributed by atoms with Crippen molar-refractivity contribution in [1.29, 1.82) is 0 Å². The van der Waals surface area contributed by atoms with E-state index in [-0.39, 0.29) is 17.6 Å². The average molecular weight is 523 g/mol. The molecule has 0 radical (unpaired) electrons. The minimum atomic E-state index is -0.225. The lowest BCUT2D eigenvalue weighted by molar-refractivity contribution is -0.126. The summed E-state index contributed by atoms with van der Waals surface area (Å²) in [4.78, 5) is 19.2. The number of thioether (sulfide) groups is 1. The second kappa shape index (κ2) is 12.0. The highest BCUT2D eigenvalue weighted by atomic mass is 35.5. The zero-order chi connectivity index (χ0) is 23.9. The summed E-state index contributed by atoms with van der Waals surface area (Å²) >= 11 is 13.9. The van der Waals surface area contributed by atoms with Crippen LogP contribution in [0, 0.1) is 11.7 Å². The zero-order valence-corrected chi connectivity index (χ0v) is 20.8. The number of piperidine rings is 1. The van der Waals surface area contributed by atoms with Gasteiger partial charge < -0.3 is 9.84 Å². The number of nitrogens with zero attached hydrogens (tertiary/aromatic N) is 3. The molecule has 1 fully saturated rings. The summed E-state index contributed by atoms with van der Waals surface area (Å²) in [5.41, 5.74) is 1.75. The van der Waals surface area contributed by atoms with E-state index in [2.05, 4.69) is 20.4 Å². The van der Waals surface area contributed by atoms with Gasteiger partial charge in [-0.2, -0.15) is 16.7 Å². The minimum Gasteiger partial charge on any atom is -0.355 e. The van der Waals surface area contributed by atoms with Crippen molar-refractivity contribution in [3.05, 3.63) is 69.8 Å². The van der Waals surface area contributed by atoms with Crippen LogP contribution in [-0.4, -0.2) is 46.3 Å². The van der Waals surface area contributed by atoms with Crippen molar-refractivity contribution in [1.82, 2.24) is 20.4 Å². The van der Waals surface area contributed by atoms with E-state index in [4.69, 9.17) is 27.7 Å². The molecule has 1 aliphatic heterocycles. The van der Waals surface area contributed by atoms with Crippen LogP contribution in [0.3, 0.4) is 0 Å². The van der Waals surface area contributed by atoms with E-state index in [1.54, 1.807) is 42.1 Å². The average Bonchev–Trinajstić information content (AvgIpc) is 3.28. The number of likely N-dealkylation sites (tertiary alicyclic amines) is 1. The van der Waals surface area contributed by atoms with Crippen LogP contribution >= 0.6 is 35.0 Å². The molecule has 10 heteroatoms. The molecular weight excluding hydrogens is 498 g/mol. The van der Waals surface area contributed by atoms with E-state index in [1.165, 1.54) is 12.1 Å². The molecule has 1 aliphatic rings. The van der Waals surface area contributed by atoms with Crippen LogP contribution in [0.25, 0.3) is 11.4 Å². The normalized spacial score (nSPS) is 14.9. The van der Waals surface area contributed by atoms with Gasteiger partial charge in [0.05, 0.1) is 11.6 Å². The number of nitrogens with one attached hydrogen (secondary N) is 1. The van der Waals surface area contributed by atoms with Crippen LogP contribution in [0.1, 0.15) is 24.3 Å². The number of rotatable bonds is 9. The fourth-order valence-electron chi connectivity index (χ4n) is 3.81. The van der Waals surface area contributed by atoms with E-state index >= 15 is 0 Å². The molecule has 0 unspecified atom stereocenters. The SMILES string of the molecule is O=C(NCCSCc1ccc(F)cc1)C1CCN(Cc2nc(-c3ccc(Cl)cc3Cl)no2)CC1. The molecule has 0 bridgehead atoms. The first-order valence-corrected chi connectivity index (χ1v) is 13.0. The van der Waals surface area contributed by atoms with Gasteiger partial charge in [-0.05, 0) is 61.8 Å². The van der Waals surface area contributed by atoms with Gasteiger partial charge in [-0.25, -0.2) is 4.39 Å². The summed E-state index contributed by atoms with van der Waals surface area (Å²) in [5, 5.41) is 8.10. The van der Waals surface area contributed by atoms with Gasteiger partial charge in [-0.1, -0.05) is 40.5 Å². The van der Waals surface area contributed by atoms with Gasteiger partial charge in [0.1, 0.15) is 5.82 Å². The van der Waals surface area contributed by atoms with Crippen LogP contribution in [0.2, 0.25) is 10.0 Å². The Kier molecular flexibility index (Phi) is 8.83. The lowest BCUT2D eigenvalue weighted by Gasteiger charge is -2.30. The molecular formula is C24H25Cl2FN4O2S. The molecule has 0 saturated carbocycles. The monoisotopic (exact) mass is 522 g/mol. The smallest absolute Gasteiger partial charge is 0.241 e. The van der Waals surface area contributed by atoms with Crippen molar-refractivity contribution < 1.29 is 13.7 Å². The molecule has 1 saturated heterocycles. The van der Waals surface area contributed by atoms with Crippen molar-refractivity contribution in [3.63, 3.8) is 0 Å². The van der Waals surface area contributed by atoms with Crippen LogP contribution in [-0.2, 0) is 17.1 Å². The van der Waals surface area contributed by atoms with Crippen LogP contribution in [0.4, 0.5) is 4.39 Å². The highest BCUT2D eigenvalue weighted by molar-refractivity contribution is 7.98. The summed E-state index contributed by atoms with van der Waals surface area (Å²) in [5.74, 6) is 2.47. The summed E-state index contributed by atoms with van der Waals surface area (Å²) in [6.45, 7) is 2.74. The molecule has 1 aromatic heterocycles. The number of carbonyl (C=O) groups is 1. The van der Waals surface area contributed by atoms with Crippen molar-refractivity contribution in [3.8, 4) is 11.4 Å². The first-order valence-electron chi connectivity index (χ1n) is 11.1. The first-order chi connectivity index (χ1) is 16.5. The first kappa shape index (κ1) is 25.0. The topological polar surface area (TPSA) is 71.3 Å². The second-order valence-corrected chi connectivity index (χ2v) is 10.1. The molecule has 6 nitrogen and oxygen atoms in total. The number of amides is 1. The number of carbonyl (C=O) groups excluding carboxylic acids is 1. The Morgan fingerprint density at radius 1 is 1.18 bits per heavy atom. The van der Waals surface area contributed by atoms with E-state index in [0.717, 1.165) is 43.0 Å². The number of aromatic nitrogens is 2. The van der Waals surface area contributed by atoms with Gasteiger partial charge in [0, 0.05) is 34.6 Å². The number of halogens is 3. The van der Waals surface area contributed by atoms with Crippen LogP contribution in [0.5, 0.6) is 0 Å². The molecule has 2 heterocycles. The Morgan fingerprint density at radius 2 is 1.94 bits per heavy atom. The van der Waals surface area contributed by atoms with Gasteiger partial charge >= 0.3 is 0 Å². The predicted octanol–water partition coefficient (Wildman–Crippen LogP) is 5.44. The van der Waals surface area contributed by atoms with Gasteiger partial charge in [0.25, 0.3) is 0 Å². The van der Waals surface area contributed by atoms with Crippen LogP contribution < -0.4 is 5.32 Å². The quantitative estimate of drug-likeness (QED) is 0.377. The minimum absolute atomic E-state index is 0.0180. The molecule has 0 atom stereocenters. The van der Waals surface area contributed by atoms with Crippen molar-refractivity contribution in [2.24, 2.45) is 5.92 Å². The third kappa shape index (κ3) is 6.95. The van der Waals surface area contributed by atoms with Gasteiger partial charge in [0.2, 0.25) is 17.6 Å². The van der Waals surface area contributed by atoms with Gasteiger partial charge in [-0.15, -0.1) is 0 Å². The number of hydrogen-bond donors (Lipinski definition) is 1. The van der Waals surface area contributed by atoms with Crippen molar-refractivity contribution >= 4 is 40.9 Å². The van der Waals surface area contributed by atoms with Crippen molar-refractivity contribution in [2.75, 3.05) is 25.4 Å². The van der Waals surface area contributed by atoms with Crippen LogP contribution in [0.15, 0.2) is 47.0 Å². The Balaban J connectivity index is 1.15. The fourth-order valence-corrected chi connectivity index (χ4v) is 5.12. The molecule has 3 aromatic rings. The summed E-state index contributed by atoms with van der Waals surface area (Å²) in [7, 11) is 0. The Hall–Kier alpha value is -2.13. The summed E-state index contributed by atoms with van der Waals surface area (Å²) in [6.07, 6.45) is 1.58. The van der Waals surface area contributed by atoms with Crippen molar-refractivity contribution in [2.45, 2.75) is 25.1 Å². The maximum absolute atomic E-state index is 12.9. The van der Waals surface area contributed by atoms with Gasteiger partial charge in [-0.3, -0.25) is 9.69 Å². The largest absolute Gasteiger partial charge is 0.355 e. The zero-order valence-electron chi connectivity index (χ0n) is 18.5. The lowest BCUT2D eigenvalue weighted by Crippen LogP contribution is -2.40. The molecule has 0 aliphatic carbocycles. The van der Waals surface area contributed by atoms with E-state index in [1.807, 2.05) is 0 Å². The van der Waals surface area contributed by atoms with E-state index in [9.17, 15) is 9.18 Å². The third-order valence-electron chi connectivity index (χ3n) is 5.68. The second-order valence-electron chi connectivity index (χ2n) is 8.16. The summed E-state index contributed by atoms with van der Waals surface area (Å²) < 4.78 is 18.3. The number of benzene rings is 2. The Morgan fingerprint density at radius 3 is 2.68 bits per heavy atom. The van der Waals surface area contributed by atoms with Gasteiger partial charge in [0.15, 0.2) is 0 Å². The van der Waals surface area contributed by atoms with E-state index in [0.29, 0.717) is 40.4 Å². The molecule has 34 heavy (non-hydrogen) atoms. The maximum atomic E-state index is 12.9. The maximum Gasteiger partial charge on any atom is 0.241 e. The molecule has 2 aromatic carbocycles. The third-order valence-corrected chi connectivity index (χ3v) is 7.26. The molecule has 1 amide bonds. The predicted molar refractivity (Wildman–Crippen MR) is 133 cm³/mol. The number of hydrogen-bond acceptors (Lipinski definition) is 6. The molecule has 4 rings (SSSR count). The lowest BCUT2D eigenvalue weighted by atomic mass is 9.96. The Labute approximate surface area is 212 Å². The molecule has 1 N–H and O–H groups in total. The molecule has 180 valence electrons. The highest BCUT2D eigenvalue weighted by Gasteiger charge is 2.26. The Bertz CT molecular complexity index is 1100. The standard InChI is InChI=1S/C24H25Cl2FN4O2S/c25-18-3-6-20(21(26)13-18)23-29-22(33-30-23)14-31-10-7-17(8-11-31)24(32)28-9-12-34-15-16-1-4-19(27)5-2-16/h1-6,13,17H,7-12,14-15H2,(H,28,32). The van der Waals surface area contributed by atoms with E-state index < -0.39 is 0 Å².